The van der Waals surface area contributed by atoms with E-state index < -0.39 is 0 Å². The molecule has 0 aromatic carbocycles. The third-order valence-electron chi connectivity index (χ3n) is 1.95. The van der Waals surface area contributed by atoms with Gasteiger partial charge in [-0.1, -0.05) is 6.92 Å². The van der Waals surface area contributed by atoms with Gasteiger partial charge in [-0.05, 0) is 24.7 Å². The zero-order valence-corrected chi connectivity index (χ0v) is 5.61. The fraction of sp³-hybridized carbons (Fsp3) is 0.857. The van der Waals surface area contributed by atoms with Crippen LogP contribution in [0.15, 0.2) is 0 Å². The maximum absolute atomic E-state index is 5.00. The Morgan fingerprint density at radius 1 is 1.75 bits per heavy atom. The van der Waals surface area contributed by atoms with Gasteiger partial charge in [0.1, 0.15) is 0 Å². The van der Waals surface area contributed by atoms with E-state index in [0.29, 0.717) is 0 Å². The zero-order chi connectivity index (χ0) is 5.98. The summed E-state index contributed by atoms with van der Waals surface area (Å²) in [5, 5.41) is 0. The molecule has 0 aromatic rings. The summed E-state index contributed by atoms with van der Waals surface area (Å²) in [6.45, 7) is 3.15. The van der Waals surface area contributed by atoms with Crippen molar-refractivity contribution in [3.63, 3.8) is 0 Å². The van der Waals surface area contributed by atoms with E-state index in [1.807, 2.05) is 0 Å². The van der Waals surface area contributed by atoms with Crippen LogP contribution in [0.4, 0.5) is 0 Å². The van der Waals surface area contributed by atoms with Gasteiger partial charge in [-0.25, -0.2) is 0 Å². The molecular weight excluding hydrogens is 100 g/mol. The first kappa shape index (κ1) is 6.09. The second-order valence-corrected chi connectivity index (χ2v) is 2.54. The minimum atomic E-state index is 0.792. The van der Waals surface area contributed by atoms with Crippen LogP contribution in [0.25, 0.3) is 0 Å². The molecule has 1 nitrogen and oxygen atoms in total. The molecule has 1 rings (SSSR count). The fourth-order valence-corrected chi connectivity index (χ4v) is 1.06. The van der Waals surface area contributed by atoms with Crippen molar-refractivity contribution in [3.8, 4) is 0 Å². The van der Waals surface area contributed by atoms with Crippen molar-refractivity contribution in [1.29, 1.82) is 0 Å². The van der Waals surface area contributed by atoms with Crippen LogP contribution >= 0.6 is 0 Å². The molecule has 1 radical (unpaired) electrons. The SMILES string of the molecule is COCC1CC[C]1C. The molecule has 0 aromatic heterocycles. The van der Waals surface area contributed by atoms with E-state index in [4.69, 9.17) is 4.74 Å². The van der Waals surface area contributed by atoms with E-state index in [2.05, 4.69) is 6.92 Å². The summed E-state index contributed by atoms with van der Waals surface area (Å²) < 4.78 is 5.00. The maximum atomic E-state index is 5.00. The van der Waals surface area contributed by atoms with Crippen molar-refractivity contribution in [3.05, 3.63) is 5.92 Å². The zero-order valence-electron chi connectivity index (χ0n) is 5.61. The number of hydrogen-bond donors (Lipinski definition) is 0. The Bertz CT molecular complexity index is 70.8. The molecule has 0 aliphatic heterocycles. The highest BCUT2D eigenvalue weighted by Crippen LogP contribution is 2.35. The molecule has 0 saturated heterocycles. The van der Waals surface area contributed by atoms with Gasteiger partial charge in [-0.3, -0.25) is 0 Å². The summed E-state index contributed by atoms with van der Waals surface area (Å²) >= 11 is 0. The van der Waals surface area contributed by atoms with Gasteiger partial charge in [0.2, 0.25) is 0 Å². The van der Waals surface area contributed by atoms with Gasteiger partial charge in [0, 0.05) is 13.7 Å². The normalized spacial score (nSPS) is 30.0. The van der Waals surface area contributed by atoms with Gasteiger partial charge < -0.3 is 4.74 Å². The Morgan fingerprint density at radius 3 is 2.62 bits per heavy atom. The minimum Gasteiger partial charge on any atom is -0.384 e. The summed E-state index contributed by atoms with van der Waals surface area (Å²) in [6, 6.07) is 0. The molecule has 8 heavy (non-hydrogen) atoms. The van der Waals surface area contributed by atoms with E-state index in [9.17, 15) is 0 Å². The Hall–Kier alpha value is -0.0400. The van der Waals surface area contributed by atoms with E-state index in [1.165, 1.54) is 12.8 Å². The van der Waals surface area contributed by atoms with E-state index in [0.717, 1.165) is 12.5 Å². The summed E-state index contributed by atoms with van der Waals surface area (Å²) in [5.41, 5.74) is 0. The predicted octanol–water partition coefficient (Wildman–Crippen LogP) is 1.64. The van der Waals surface area contributed by atoms with Gasteiger partial charge in [0.15, 0.2) is 0 Å². The first-order valence-electron chi connectivity index (χ1n) is 3.16. The van der Waals surface area contributed by atoms with Crippen LogP contribution < -0.4 is 0 Å². The van der Waals surface area contributed by atoms with E-state index in [-0.39, 0.29) is 0 Å². The average Bonchev–Trinajstić information content (AvgIpc) is 1.79. The van der Waals surface area contributed by atoms with Crippen LogP contribution in [0.3, 0.4) is 0 Å². The number of rotatable bonds is 2. The quantitative estimate of drug-likeness (QED) is 0.529. The Kier molecular flexibility index (Phi) is 1.90. The van der Waals surface area contributed by atoms with Gasteiger partial charge in [0.05, 0.1) is 0 Å². The van der Waals surface area contributed by atoms with Gasteiger partial charge >= 0.3 is 0 Å². The molecule has 0 spiro atoms. The standard InChI is InChI=1S/C7H13O/c1-6-3-4-7(6)5-8-2/h7H,3-5H2,1-2H3. The maximum Gasteiger partial charge on any atom is 0.0495 e. The topological polar surface area (TPSA) is 9.23 Å². The number of ether oxygens (including phenoxy) is 1. The second-order valence-electron chi connectivity index (χ2n) is 2.54. The van der Waals surface area contributed by atoms with Gasteiger partial charge in [-0.2, -0.15) is 0 Å². The molecular formula is C7H13O. The third-order valence-corrected chi connectivity index (χ3v) is 1.95. The lowest BCUT2D eigenvalue weighted by Gasteiger charge is -2.32. The highest BCUT2D eigenvalue weighted by molar-refractivity contribution is 5.01. The van der Waals surface area contributed by atoms with Crippen molar-refractivity contribution in [2.75, 3.05) is 13.7 Å². The third kappa shape index (κ3) is 1.03. The van der Waals surface area contributed by atoms with Crippen molar-refractivity contribution in [2.24, 2.45) is 5.92 Å². The van der Waals surface area contributed by atoms with Gasteiger partial charge in [-0.15, -0.1) is 0 Å². The first-order valence-corrected chi connectivity index (χ1v) is 3.16. The molecule has 1 atom stereocenters. The molecule has 1 aliphatic carbocycles. The summed E-state index contributed by atoms with van der Waals surface area (Å²) in [7, 11) is 1.77. The van der Waals surface area contributed by atoms with Crippen LogP contribution in [0, 0.1) is 11.8 Å². The molecule has 0 bridgehead atoms. The molecule has 0 N–H and O–H groups in total. The summed E-state index contributed by atoms with van der Waals surface area (Å²) in [5.74, 6) is 2.41. The Morgan fingerprint density at radius 2 is 2.50 bits per heavy atom. The van der Waals surface area contributed by atoms with E-state index >= 15 is 0 Å². The molecule has 0 amide bonds. The minimum absolute atomic E-state index is 0.792. The lowest BCUT2D eigenvalue weighted by Crippen LogP contribution is -2.24. The van der Waals surface area contributed by atoms with Crippen molar-refractivity contribution in [2.45, 2.75) is 19.8 Å². The molecule has 1 saturated carbocycles. The summed E-state index contributed by atoms with van der Waals surface area (Å²) in [4.78, 5) is 0. The highest BCUT2D eigenvalue weighted by Gasteiger charge is 2.26. The average molecular weight is 113 g/mol. The van der Waals surface area contributed by atoms with E-state index in [1.54, 1.807) is 13.0 Å². The van der Waals surface area contributed by atoms with Crippen molar-refractivity contribution >= 4 is 0 Å². The fourth-order valence-electron chi connectivity index (χ4n) is 1.06. The number of hydrogen-bond acceptors (Lipinski definition) is 1. The number of methoxy groups -OCH3 is 1. The smallest absolute Gasteiger partial charge is 0.0495 e. The van der Waals surface area contributed by atoms with Crippen LogP contribution in [0.1, 0.15) is 19.8 Å². The molecule has 1 fully saturated rings. The first-order chi connectivity index (χ1) is 3.84. The molecule has 0 heterocycles. The molecule has 47 valence electrons. The monoisotopic (exact) mass is 113 g/mol. The van der Waals surface area contributed by atoms with Crippen LogP contribution in [-0.2, 0) is 4.74 Å². The van der Waals surface area contributed by atoms with Crippen LogP contribution in [0.5, 0.6) is 0 Å². The second kappa shape index (κ2) is 2.49. The molecule has 1 unspecified atom stereocenters. The summed E-state index contributed by atoms with van der Waals surface area (Å²) in [6.07, 6.45) is 2.67. The van der Waals surface area contributed by atoms with Crippen molar-refractivity contribution in [1.82, 2.24) is 0 Å². The van der Waals surface area contributed by atoms with Crippen LogP contribution in [-0.4, -0.2) is 13.7 Å². The molecule has 1 heteroatoms. The molecule has 1 aliphatic rings. The lowest BCUT2D eigenvalue weighted by atomic mass is 9.76. The predicted molar refractivity (Wildman–Crippen MR) is 33.5 cm³/mol. The lowest BCUT2D eigenvalue weighted by molar-refractivity contribution is 0.128. The Balaban J connectivity index is 2.08. The highest BCUT2D eigenvalue weighted by atomic mass is 16.5. The largest absolute Gasteiger partial charge is 0.384 e. The van der Waals surface area contributed by atoms with Gasteiger partial charge in [0.25, 0.3) is 0 Å². The Labute approximate surface area is 51.0 Å². The van der Waals surface area contributed by atoms with Crippen LogP contribution in [0.2, 0.25) is 0 Å². The van der Waals surface area contributed by atoms with Crippen molar-refractivity contribution < 1.29 is 4.74 Å².